The van der Waals surface area contributed by atoms with Gasteiger partial charge in [-0.1, -0.05) is 75.5 Å². The fraction of sp³-hybridized carbons (Fsp3) is 0.825. The molecule has 2 heterocycles. The third kappa shape index (κ3) is 8.36. The van der Waals surface area contributed by atoms with Crippen molar-refractivity contribution in [3.63, 3.8) is 0 Å². The zero-order chi connectivity index (χ0) is 38.8. The highest BCUT2D eigenvalue weighted by molar-refractivity contribution is 7.48. The molecule has 0 radical (unpaired) electrons. The van der Waals surface area contributed by atoms with Crippen LogP contribution in [-0.2, 0) is 22.9 Å². The molecule has 14 heteroatoms. The average molecular weight is 770 g/mol. The van der Waals surface area contributed by atoms with Crippen LogP contribution in [0.15, 0.2) is 32.5 Å². The number of aromatic nitrogens is 2. The summed E-state index contributed by atoms with van der Waals surface area (Å²) in [5.74, 6) is 4.48. The van der Waals surface area contributed by atoms with E-state index in [0.29, 0.717) is 29.2 Å². The summed E-state index contributed by atoms with van der Waals surface area (Å²) in [5.41, 5.74) is 10.4. The van der Waals surface area contributed by atoms with Crippen molar-refractivity contribution in [1.29, 1.82) is 0 Å². The number of H-pyrrole nitrogens is 1. The number of hydrogen-bond acceptors (Lipinski definition) is 8. The lowest BCUT2D eigenvalue weighted by atomic mass is 9.47. The summed E-state index contributed by atoms with van der Waals surface area (Å²) in [6, 6.07) is -0.733. The summed E-state index contributed by atoms with van der Waals surface area (Å²) in [5, 5.41) is 3.86. The molecule has 9 unspecified atom stereocenters. The van der Waals surface area contributed by atoms with Gasteiger partial charge in [0.15, 0.2) is 0 Å². The first-order chi connectivity index (χ1) is 25.7. The largest absolute Gasteiger partial charge is 0.475 e. The lowest BCUT2D eigenvalue weighted by Crippen LogP contribution is -2.51. The van der Waals surface area contributed by atoms with Gasteiger partial charge in [-0.3, -0.25) is 27.9 Å². The van der Waals surface area contributed by atoms with Gasteiger partial charge in [0.05, 0.1) is 24.9 Å². The van der Waals surface area contributed by atoms with Crippen molar-refractivity contribution in [1.82, 2.24) is 9.55 Å². The van der Waals surface area contributed by atoms with Gasteiger partial charge in [0.1, 0.15) is 12.8 Å². The number of aromatic amines is 1. The number of fused-ring (bicyclic) bond motifs is 5. The fourth-order valence-corrected chi connectivity index (χ4v) is 12.8. The van der Waals surface area contributed by atoms with Crippen LogP contribution in [-0.4, -0.2) is 47.6 Å². The number of nitrogens with zero attached hydrogens (tertiary/aromatic N) is 5. The maximum atomic E-state index is 14.3. The Morgan fingerprint density at radius 3 is 2.67 bits per heavy atom. The van der Waals surface area contributed by atoms with E-state index in [4.69, 9.17) is 24.9 Å². The van der Waals surface area contributed by atoms with Crippen LogP contribution in [0.5, 0.6) is 0 Å². The van der Waals surface area contributed by atoms with E-state index >= 15 is 0 Å². The Morgan fingerprint density at radius 1 is 1.13 bits per heavy atom. The maximum Gasteiger partial charge on any atom is 0.475 e. The van der Waals surface area contributed by atoms with Gasteiger partial charge >= 0.3 is 13.5 Å². The molecule has 54 heavy (non-hydrogen) atoms. The fourth-order valence-electron chi connectivity index (χ4n) is 11.4. The molecule has 4 fully saturated rings. The standard InChI is InChI=1S/C40H61N6O7P/c1-25(2)9-8-10-26(3)31-13-14-32-30-12-11-28-21-29(15-17-39(28,5)33(30)16-18-40(31,32)6)53-54(49,50-20-19-42-7)51-24-35-34(44-45-41)22-36(52-35)46-23-27(4)37(47)43-38(46)48/h7,11,23,25-26,29-36H,8-10,12-22,24H2,1-6H3/p+1/t26?,29?,30?,31?,32?,33?,34-,35+,36+,39?,40?,54?/m1/s1. The van der Waals surface area contributed by atoms with E-state index in [-0.39, 0.29) is 37.7 Å². The summed E-state index contributed by atoms with van der Waals surface area (Å²) >= 11 is 0. The van der Waals surface area contributed by atoms with Crippen LogP contribution in [0, 0.1) is 59.8 Å². The SMILES string of the molecule is C#[N+]CCOP(=O)(OC[C@@H]1O[C@H](n2cc(C)c(=O)[nH]c2=O)C[C@H]1N=[N+]=[N-])OC1CCC2(C)C(=CCC3C2CCC2(C)C(C(C)CCCC(C)C)CCC32)C1. The van der Waals surface area contributed by atoms with Crippen molar-refractivity contribution < 1.29 is 22.9 Å². The third-order valence-electron chi connectivity index (χ3n) is 14.3. The first-order valence-corrected chi connectivity index (χ1v) is 21.8. The van der Waals surface area contributed by atoms with Gasteiger partial charge in [-0.05, 0) is 110 Å². The molecular weight excluding hydrogens is 707 g/mol. The Morgan fingerprint density at radius 2 is 1.93 bits per heavy atom. The van der Waals surface area contributed by atoms with Crippen LogP contribution in [0.3, 0.4) is 0 Å². The molecule has 298 valence electrons. The lowest BCUT2D eigenvalue weighted by molar-refractivity contribution is -0.0594. The molecule has 0 bridgehead atoms. The number of nitrogens with one attached hydrogen (secondary N) is 1. The molecular formula is C40H62N6O7P+. The van der Waals surface area contributed by atoms with Crippen molar-refractivity contribution >= 4 is 7.82 Å². The molecule has 0 aromatic carbocycles. The Labute approximate surface area is 320 Å². The number of azide groups is 1. The number of phosphoric ester groups is 1. The van der Waals surface area contributed by atoms with Crippen LogP contribution >= 0.6 is 7.82 Å². The molecule has 0 amide bonds. The summed E-state index contributed by atoms with van der Waals surface area (Å²) in [4.78, 5) is 33.3. The Bertz CT molecular complexity index is 1800. The highest BCUT2D eigenvalue weighted by Gasteiger charge is 2.59. The molecule has 5 aliphatic rings. The Kier molecular flexibility index (Phi) is 12.7. The molecule has 4 aliphatic carbocycles. The summed E-state index contributed by atoms with van der Waals surface area (Å²) in [7, 11) is -4.16. The minimum atomic E-state index is -4.16. The average Bonchev–Trinajstić information content (AvgIpc) is 3.69. The van der Waals surface area contributed by atoms with E-state index in [2.05, 4.69) is 60.5 Å². The number of ether oxygens (including phenoxy) is 1. The van der Waals surface area contributed by atoms with E-state index < -0.39 is 37.4 Å². The first kappa shape index (κ1) is 40.9. The minimum Gasteiger partial charge on any atom is -0.352 e. The second-order valence-electron chi connectivity index (χ2n) is 17.9. The molecule has 6 rings (SSSR count). The summed E-state index contributed by atoms with van der Waals surface area (Å²) < 4.78 is 39.5. The lowest BCUT2D eigenvalue weighted by Gasteiger charge is -2.58. The van der Waals surface area contributed by atoms with E-state index in [1.165, 1.54) is 61.3 Å². The quantitative estimate of drug-likeness (QED) is 0.0464. The number of hydrogen-bond donors (Lipinski definition) is 1. The van der Waals surface area contributed by atoms with E-state index in [1.807, 2.05) is 0 Å². The first-order valence-electron chi connectivity index (χ1n) is 20.4. The molecule has 1 saturated heterocycles. The van der Waals surface area contributed by atoms with Crippen molar-refractivity contribution in [3.8, 4) is 6.57 Å². The van der Waals surface area contributed by atoms with Gasteiger partial charge in [0.25, 0.3) is 18.7 Å². The molecule has 0 spiro atoms. The Hall–Kier alpha value is -2.71. The summed E-state index contributed by atoms with van der Waals surface area (Å²) in [6.07, 6.45) is 14.7. The van der Waals surface area contributed by atoms with Crippen LogP contribution in [0.1, 0.15) is 123 Å². The zero-order valence-electron chi connectivity index (χ0n) is 33.2. The molecule has 13 nitrogen and oxygen atoms in total. The predicted octanol–water partition coefficient (Wildman–Crippen LogP) is 9.34. The number of aryl methyl sites for hydroxylation is 1. The molecule has 3 saturated carbocycles. The molecule has 1 aromatic heterocycles. The number of rotatable bonds is 15. The third-order valence-corrected chi connectivity index (χ3v) is 15.8. The predicted molar refractivity (Wildman–Crippen MR) is 208 cm³/mol. The normalized spacial score (nSPS) is 36.2. The molecule has 1 aliphatic heterocycles. The van der Waals surface area contributed by atoms with Gasteiger partial charge in [-0.2, -0.15) is 0 Å². The van der Waals surface area contributed by atoms with Crippen LogP contribution < -0.4 is 11.2 Å². The highest BCUT2D eigenvalue weighted by atomic mass is 31.2. The zero-order valence-corrected chi connectivity index (χ0v) is 34.0. The monoisotopic (exact) mass is 769 g/mol. The van der Waals surface area contributed by atoms with Crippen molar-refractivity contribution in [2.45, 2.75) is 143 Å². The molecule has 12 atom stereocenters. The van der Waals surface area contributed by atoms with Gasteiger partial charge in [0, 0.05) is 23.1 Å². The van der Waals surface area contributed by atoms with Crippen molar-refractivity contribution in [2.75, 3.05) is 19.8 Å². The smallest absolute Gasteiger partial charge is 0.352 e. The van der Waals surface area contributed by atoms with Crippen LogP contribution in [0.2, 0.25) is 0 Å². The van der Waals surface area contributed by atoms with Gasteiger partial charge in [-0.15, -0.1) is 0 Å². The minimum absolute atomic E-state index is 0.0673. The van der Waals surface area contributed by atoms with E-state index in [1.54, 1.807) is 6.92 Å². The van der Waals surface area contributed by atoms with Gasteiger partial charge in [0.2, 0.25) is 0 Å². The van der Waals surface area contributed by atoms with Gasteiger partial charge < -0.3 is 4.74 Å². The van der Waals surface area contributed by atoms with Crippen molar-refractivity contribution in [2.24, 2.45) is 51.5 Å². The van der Waals surface area contributed by atoms with Crippen molar-refractivity contribution in [3.05, 3.63) is 59.5 Å². The Balaban J connectivity index is 1.12. The molecule has 1 N–H and O–H groups in total. The highest BCUT2D eigenvalue weighted by Crippen LogP contribution is 2.68. The van der Waals surface area contributed by atoms with Gasteiger partial charge in [-0.25, -0.2) is 9.36 Å². The second kappa shape index (κ2) is 16.8. The second-order valence-corrected chi connectivity index (χ2v) is 19.5. The van der Waals surface area contributed by atoms with E-state index in [0.717, 1.165) is 42.9 Å². The van der Waals surface area contributed by atoms with E-state index in [9.17, 15) is 19.7 Å². The number of allylic oxidation sites excluding steroid dienone is 1. The molecule has 1 aromatic rings. The summed E-state index contributed by atoms with van der Waals surface area (Å²) in [6.45, 7) is 19.0. The van der Waals surface area contributed by atoms with Crippen LogP contribution in [0.25, 0.3) is 15.3 Å². The number of phosphoric acid groups is 1. The topological polar surface area (TPSA) is 162 Å². The van der Waals surface area contributed by atoms with Crippen LogP contribution in [0.4, 0.5) is 0 Å². The maximum absolute atomic E-state index is 14.3.